The minimum Gasteiger partial charge on any atom is -0.497 e. The largest absolute Gasteiger partial charge is 0.497 e. The molecule has 136 valence electrons. The molecule has 6 heteroatoms. The summed E-state index contributed by atoms with van der Waals surface area (Å²) in [6.45, 7) is 4.01. The monoisotopic (exact) mass is 356 g/mol. The van der Waals surface area contributed by atoms with Gasteiger partial charge in [0.2, 0.25) is 5.91 Å². The van der Waals surface area contributed by atoms with Gasteiger partial charge in [-0.25, -0.2) is 0 Å². The highest BCUT2D eigenvalue weighted by atomic mass is 35.5. The SMILES string of the molecule is COc1ccc(C2(CNC(=O)CCC(C)N)CCOCC2)cc1.Cl. The fourth-order valence-electron chi connectivity index (χ4n) is 2.99. The number of halogens is 1. The Morgan fingerprint density at radius 2 is 1.96 bits per heavy atom. The first kappa shape index (κ1) is 20.7. The van der Waals surface area contributed by atoms with E-state index in [0.29, 0.717) is 19.4 Å². The minimum atomic E-state index is -0.0610. The third-order valence-electron chi connectivity index (χ3n) is 4.60. The van der Waals surface area contributed by atoms with Crippen LogP contribution in [-0.4, -0.2) is 38.8 Å². The number of carbonyl (C=O) groups is 1. The molecule has 0 bridgehead atoms. The standard InChI is InChI=1S/C18H28N2O3.ClH/c1-14(19)3-8-17(21)20-13-18(9-11-23-12-10-18)15-4-6-16(22-2)7-5-15;/h4-7,14H,3,8-13,19H2,1-2H3,(H,20,21);1H. The van der Waals surface area contributed by atoms with E-state index >= 15 is 0 Å². The molecule has 2 rings (SSSR count). The summed E-state index contributed by atoms with van der Waals surface area (Å²) in [5, 5.41) is 3.09. The van der Waals surface area contributed by atoms with E-state index in [1.54, 1.807) is 7.11 Å². The lowest BCUT2D eigenvalue weighted by Gasteiger charge is -2.38. The third-order valence-corrected chi connectivity index (χ3v) is 4.60. The topological polar surface area (TPSA) is 73.6 Å². The van der Waals surface area contributed by atoms with Crippen LogP contribution in [0.25, 0.3) is 0 Å². The Bertz CT molecular complexity index is 499. The molecule has 1 aromatic rings. The molecular weight excluding hydrogens is 328 g/mol. The quantitative estimate of drug-likeness (QED) is 0.786. The van der Waals surface area contributed by atoms with E-state index in [1.807, 2.05) is 19.1 Å². The highest BCUT2D eigenvalue weighted by Crippen LogP contribution is 2.35. The van der Waals surface area contributed by atoms with Crippen LogP contribution in [0.5, 0.6) is 5.75 Å². The molecule has 1 fully saturated rings. The second-order valence-corrected chi connectivity index (χ2v) is 6.41. The molecule has 1 unspecified atom stereocenters. The van der Waals surface area contributed by atoms with Gasteiger partial charge in [0.15, 0.2) is 0 Å². The zero-order chi connectivity index (χ0) is 16.7. The van der Waals surface area contributed by atoms with Gasteiger partial charge < -0.3 is 20.5 Å². The number of ether oxygens (including phenoxy) is 2. The number of nitrogens with one attached hydrogen (secondary N) is 1. The van der Waals surface area contributed by atoms with Gasteiger partial charge in [-0.15, -0.1) is 12.4 Å². The zero-order valence-electron chi connectivity index (χ0n) is 14.5. The summed E-state index contributed by atoms with van der Waals surface area (Å²) >= 11 is 0. The number of rotatable bonds is 7. The molecular formula is C18H29ClN2O3. The lowest BCUT2D eigenvalue weighted by molar-refractivity contribution is -0.121. The van der Waals surface area contributed by atoms with E-state index in [1.165, 1.54) is 5.56 Å². The van der Waals surface area contributed by atoms with Crippen LogP contribution in [0.15, 0.2) is 24.3 Å². The summed E-state index contributed by atoms with van der Waals surface area (Å²) in [4.78, 5) is 12.0. The Labute approximate surface area is 150 Å². The average molecular weight is 357 g/mol. The third kappa shape index (κ3) is 5.65. The summed E-state index contributed by atoms with van der Waals surface area (Å²) in [6, 6.07) is 8.20. The molecule has 5 nitrogen and oxygen atoms in total. The number of carbonyl (C=O) groups excluding carboxylic acids is 1. The molecule has 0 radical (unpaired) electrons. The van der Waals surface area contributed by atoms with Crippen molar-refractivity contribution in [3.63, 3.8) is 0 Å². The van der Waals surface area contributed by atoms with Crippen LogP contribution < -0.4 is 15.8 Å². The maximum Gasteiger partial charge on any atom is 0.220 e. The molecule has 0 aromatic heterocycles. The fraction of sp³-hybridized carbons (Fsp3) is 0.611. The van der Waals surface area contributed by atoms with E-state index in [4.69, 9.17) is 15.2 Å². The van der Waals surface area contributed by atoms with Gasteiger partial charge in [0.1, 0.15) is 5.75 Å². The Balaban J connectivity index is 0.00000288. The van der Waals surface area contributed by atoms with Crippen molar-refractivity contribution in [2.45, 2.75) is 44.1 Å². The maximum absolute atomic E-state index is 12.0. The molecule has 0 saturated carbocycles. The number of methoxy groups -OCH3 is 1. The maximum atomic E-state index is 12.0. The van der Waals surface area contributed by atoms with E-state index in [2.05, 4.69) is 17.4 Å². The van der Waals surface area contributed by atoms with E-state index in [9.17, 15) is 4.79 Å². The molecule has 24 heavy (non-hydrogen) atoms. The summed E-state index contributed by atoms with van der Waals surface area (Å²) in [5.41, 5.74) is 6.89. The number of amides is 1. The van der Waals surface area contributed by atoms with Gasteiger partial charge in [0.25, 0.3) is 0 Å². The van der Waals surface area contributed by atoms with Crippen LogP contribution in [-0.2, 0) is 14.9 Å². The van der Waals surface area contributed by atoms with Crippen molar-refractivity contribution in [2.24, 2.45) is 5.73 Å². The van der Waals surface area contributed by atoms with Crippen LogP contribution in [0.4, 0.5) is 0 Å². The van der Waals surface area contributed by atoms with Crippen LogP contribution in [0.3, 0.4) is 0 Å². The van der Waals surface area contributed by atoms with Crippen LogP contribution in [0.1, 0.15) is 38.2 Å². The van der Waals surface area contributed by atoms with Gasteiger partial charge in [0, 0.05) is 37.6 Å². The Kier molecular flexibility index (Phi) is 8.53. The molecule has 1 aliphatic rings. The molecule has 1 saturated heterocycles. The second kappa shape index (κ2) is 9.87. The van der Waals surface area contributed by atoms with Gasteiger partial charge in [-0.1, -0.05) is 12.1 Å². The average Bonchev–Trinajstić information content (AvgIpc) is 2.59. The fourth-order valence-corrected chi connectivity index (χ4v) is 2.99. The molecule has 1 atom stereocenters. The van der Waals surface area contributed by atoms with Gasteiger partial charge >= 0.3 is 0 Å². The first-order valence-electron chi connectivity index (χ1n) is 8.30. The Hall–Kier alpha value is -1.30. The molecule has 0 spiro atoms. The normalized spacial score (nSPS) is 17.5. The van der Waals surface area contributed by atoms with Crippen molar-refractivity contribution in [3.05, 3.63) is 29.8 Å². The first-order valence-corrected chi connectivity index (χ1v) is 8.30. The molecule has 1 aliphatic heterocycles. The Morgan fingerprint density at radius 1 is 1.33 bits per heavy atom. The minimum absolute atomic E-state index is 0. The summed E-state index contributed by atoms with van der Waals surface area (Å²) in [5.74, 6) is 0.915. The molecule has 3 N–H and O–H groups in total. The van der Waals surface area contributed by atoms with Crippen LogP contribution in [0, 0.1) is 0 Å². The molecule has 1 heterocycles. The molecule has 1 amide bonds. The lowest BCUT2D eigenvalue weighted by atomic mass is 9.74. The van der Waals surface area contributed by atoms with Gasteiger partial charge in [-0.05, 0) is 43.9 Å². The van der Waals surface area contributed by atoms with E-state index in [0.717, 1.165) is 31.8 Å². The second-order valence-electron chi connectivity index (χ2n) is 6.41. The highest BCUT2D eigenvalue weighted by molar-refractivity contribution is 5.85. The van der Waals surface area contributed by atoms with Gasteiger partial charge in [-0.3, -0.25) is 4.79 Å². The summed E-state index contributed by atoms with van der Waals surface area (Å²) in [7, 11) is 1.66. The number of nitrogens with two attached hydrogens (primary N) is 1. The van der Waals surface area contributed by atoms with Crippen LogP contribution in [0.2, 0.25) is 0 Å². The predicted molar refractivity (Wildman–Crippen MR) is 97.9 cm³/mol. The molecule has 1 aromatic carbocycles. The molecule has 0 aliphatic carbocycles. The first-order chi connectivity index (χ1) is 11.1. The van der Waals surface area contributed by atoms with Crippen molar-refractivity contribution in [2.75, 3.05) is 26.9 Å². The van der Waals surface area contributed by atoms with Gasteiger partial charge in [-0.2, -0.15) is 0 Å². The van der Waals surface area contributed by atoms with E-state index < -0.39 is 0 Å². The predicted octanol–water partition coefficient (Wildman–Crippen LogP) is 2.41. The van der Waals surface area contributed by atoms with Crippen molar-refractivity contribution in [3.8, 4) is 5.75 Å². The van der Waals surface area contributed by atoms with E-state index in [-0.39, 0.29) is 29.8 Å². The lowest BCUT2D eigenvalue weighted by Crippen LogP contribution is -2.44. The van der Waals surface area contributed by atoms with Crippen molar-refractivity contribution >= 4 is 18.3 Å². The highest BCUT2D eigenvalue weighted by Gasteiger charge is 2.34. The van der Waals surface area contributed by atoms with Crippen molar-refractivity contribution in [1.29, 1.82) is 0 Å². The zero-order valence-corrected chi connectivity index (χ0v) is 15.4. The van der Waals surface area contributed by atoms with Crippen LogP contribution >= 0.6 is 12.4 Å². The number of hydrogen-bond acceptors (Lipinski definition) is 4. The summed E-state index contributed by atoms with van der Waals surface area (Å²) < 4.78 is 10.8. The number of hydrogen-bond donors (Lipinski definition) is 2. The Morgan fingerprint density at radius 3 is 2.50 bits per heavy atom. The van der Waals surface area contributed by atoms with Crippen molar-refractivity contribution < 1.29 is 14.3 Å². The van der Waals surface area contributed by atoms with Gasteiger partial charge in [0.05, 0.1) is 7.11 Å². The summed E-state index contributed by atoms with van der Waals surface area (Å²) in [6.07, 6.45) is 3.01. The number of benzene rings is 1. The smallest absolute Gasteiger partial charge is 0.220 e. The van der Waals surface area contributed by atoms with Crippen molar-refractivity contribution in [1.82, 2.24) is 5.32 Å².